The fraction of sp³-hybridized carbons (Fsp3) is 0.263. The van der Waals surface area contributed by atoms with E-state index in [1.54, 1.807) is 6.07 Å². The van der Waals surface area contributed by atoms with Crippen molar-refractivity contribution >= 4 is 38.3 Å². The van der Waals surface area contributed by atoms with Gasteiger partial charge in [-0.05, 0) is 43.2 Å². The largest absolute Gasteiger partial charge is 0.346 e. The Kier molecular flexibility index (Phi) is 3.92. The molecule has 1 fully saturated rings. The van der Waals surface area contributed by atoms with Gasteiger partial charge in [-0.15, -0.1) is 0 Å². The molecule has 1 aliphatic rings. The number of benzene rings is 2. The van der Waals surface area contributed by atoms with Gasteiger partial charge in [0.15, 0.2) is 5.13 Å². The molecule has 2 aromatic carbocycles. The summed E-state index contributed by atoms with van der Waals surface area (Å²) in [4.78, 5) is 18.8. The van der Waals surface area contributed by atoms with Gasteiger partial charge in [0.05, 0.1) is 10.6 Å². The van der Waals surface area contributed by atoms with Crippen LogP contribution >= 0.6 is 11.3 Å². The summed E-state index contributed by atoms with van der Waals surface area (Å²) in [5, 5.41) is 3.79. The van der Waals surface area contributed by atoms with Crippen molar-refractivity contribution in [2.24, 2.45) is 5.92 Å². The lowest BCUT2D eigenvalue weighted by atomic mass is 9.99. The second-order valence-electron chi connectivity index (χ2n) is 6.49. The minimum atomic E-state index is -0.301. The van der Waals surface area contributed by atoms with Crippen LogP contribution in [0.1, 0.15) is 11.1 Å². The van der Waals surface area contributed by atoms with E-state index in [4.69, 9.17) is 0 Å². The molecule has 0 aliphatic carbocycles. The zero-order valence-electron chi connectivity index (χ0n) is 14.0. The van der Waals surface area contributed by atoms with E-state index >= 15 is 0 Å². The van der Waals surface area contributed by atoms with Gasteiger partial charge in [0.1, 0.15) is 11.3 Å². The smallest absolute Gasteiger partial charge is 0.231 e. The fourth-order valence-corrected chi connectivity index (χ4v) is 3.94. The van der Waals surface area contributed by atoms with Crippen LogP contribution in [0.25, 0.3) is 10.2 Å². The summed E-state index contributed by atoms with van der Waals surface area (Å²) in [6.07, 6.45) is 0. The number of carbonyl (C=O) groups is 1. The molecule has 25 heavy (non-hydrogen) atoms. The zero-order chi connectivity index (χ0) is 17.6. The number of hydrogen-bond acceptors (Lipinski definition) is 4. The third kappa shape index (κ3) is 2.98. The SMILES string of the molecule is Cc1ccc(C)c(NC(=O)C2CN(c3nc4c(F)cccc4s3)C2)c1. The van der Waals surface area contributed by atoms with Crippen molar-refractivity contribution in [2.45, 2.75) is 13.8 Å². The van der Waals surface area contributed by atoms with Crippen LogP contribution in [0.2, 0.25) is 0 Å². The summed E-state index contributed by atoms with van der Waals surface area (Å²) in [6.45, 7) is 5.21. The van der Waals surface area contributed by atoms with Crippen LogP contribution in [-0.4, -0.2) is 24.0 Å². The second kappa shape index (κ2) is 6.11. The maximum atomic E-state index is 13.8. The van der Waals surface area contributed by atoms with Gasteiger partial charge in [0.2, 0.25) is 5.91 Å². The van der Waals surface area contributed by atoms with Gasteiger partial charge >= 0.3 is 0 Å². The molecule has 0 unspecified atom stereocenters. The first kappa shape index (κ1) is 16.0. The first-order valence-corrected chi connectivity index (χ1v) is 9.01. The highest BCUT2D eigenvalue weighted by atomic mass is 32.1. The van der Waals surface area contributed by atoms with Crippen molar-refractivity contribution in [2.75, 3.05) is 23.3 Å². The molecular formula is C19H18FN3OS. The average Bonchev–Trinajstić information content (AvgIpc) is 2.94. The Balaban J connectivity index is 1.43. The Hall–Kier alpha value is -2.47. The molecule has 0 saturated carbocycles. The number of amides is 1. The predicted molar refractivity (Wildman–Crippen MR) is 99.8 cm³/mol. The van der Waals surface area contributed by atoms with Crippen LogP contribution in [0.5, 0.6) is 0 Å². The predicted octanol–water partition coefficient (Wildman–Crippen LogP) is 4.13. The number of aromatic nitrogens is 1. The first-order valence-electron chi connectivity index (χ1n) is 8.19. The lowest BCUT2D eigenvalue weighted by molar-refractivity contribution is -0.120. The lowest BCUT2D eigenvalue weighted by Gasteiger charge is -2.38. The van der Waals surface area contributed by atoms with Crippen molar-refractivity contribution in [3.63, 3.8) is 0 Å². The molecule has 1 aliphatic heterocycles. The van der Waals surface area contributed by atoms with Crippen LogP contribution in [0.15, 0.2) is 36.4 Å². The summed E-state index contributed by atoms with van der Waals surface area (Å²) < 4.78 is 14.6. The van der Waals surface area contributed by atoms with Crippen molar-refractivity contribution < 1.29 is 9.18 Å². The molecule has 0 spiro atoms. The summed E-state index contributed by atoms with van der Waals surface area (Å²) in [6, 6.07) is 11.0. The minimum Gasteiger partial charge on any atom is -0.346 e. The molecule has 0 atom stereocenters. The standard InChI is InChI=1S/C19H18FN3OS/c1-11-6-7-12(2)15(8-11)21-18(24)13-9-23(10-13)19-22-17-14(20)4-3-5-16(17)25-19/h3-8,13H,9-10H2,1-2H3,(H,21,24). The normalized spacial score (nSPS) is 14.6. The number of anilines is 2. The maximum Gasteiger partial charge on any atom is 0.231 e. The van der Waals surface area contributed by atoms with E-state index < -0.39 is 0 Å². The Morgan fingerprint density at radius 1 is 1.28 bits per heavy atom. The Bertz CT molecular complexity index is 962. The number of hydrogen-bond donors (Lipinski definition) is 1. The summed E-state index contributed by atoms with van der Waals surface area (Å²) >= 11 is 1.46. The highest BCUT2D eigenvalue weighted by Gasteiger charge is 2.34. The first-order chi connectivity index (χ1) is 12.0. The Morgan fingerprint density at radius 2 is 2.08 bits per heavy atom. The number of aryl methyl sites for hydroxylation is 2. The van der Waals surface area contributed by atoms with Gasteiger partial charge in [-0.3, -0.25) is 4.79 Å². The molecule has 1 N–H and O–H groups in total. The van der Waals surface area contributed by atoms with Gasteiger partial charge < -0.3 is 10.2 Å². The Morgan fingerprint density at radius 3 is 2.84 bits per heavy atom. The molecule has 0 bridgehead atoms. The van der Waals surface area contributed by atoms with E-state index in [1.807, 2.05) is 43.0 Å². The maximum absolute atomic E-state index is 13.8. The second-order valence-corrected chi connectivity index (χ2v) is 7.50. The molecule has 128 valence electrons. The molecule has 2 heterocycles. The van der Waals surface area contributed by atoms with E-state index in [2.05, 4.69) is 10.3 Å². The number of rotatable bonds is 3. The van der Waals surface area contributed by atoms with Gasteiger partial charge in [-0.25, -0.2) is 9.37 Å². The van der Waals surface area contributed by atoms with E-state index in [-0.39, 0.29) is 17.6 Å². The quantitative estimate of drug-likeness (QED) is 0.768. The highest BCUT2D eigenvalue weighted by molar-refractivity contribution is 7.22. The number of para-hydroxylation sites is 1. The third-order valence-electron chi connectivity index (χ3n) is 4.53. The molecule has 1 saturated heterocycles. The third-order valence-corrected chi connectivity index (χ3v) is 5.61. The summed E-state index contributed by atoms with van der Waals surface area (Å²) in [5.41, 5.74) is 3.45. The molecule has 1 aromatic heterocycles. The number of fused-ring (bicyclic) bond motifs is 1. The zero-order valence-corrected chi connectivity index (χ0v) is 14.9. The van der Waals surface area contributed by atoms with Gasteiger partial charge in [0.25, 0.3) is 0 Å². The number of nitrogens with zero attached hydrogens (tertiary/aromatic N) is 2. The Labute approximate surface area is 149 Å². The fourth-order valence-electron chi connectivity index (χ4n) is 2.94. The molecule has 1 amide bonds. The van der Waals surface area contributed by atoms with Crippen molar-refractivity contribution in [1.29, 1.82) is 0 Å². The molecule has 4 nitrogen and oxygen atoms in total. The van der Waals surface area contributed by atoms with E-state index in [1.165, 1.54) is 17.4 Å². The van der Waals surface area contributed by atoms with Crippen LogP contribution in [0, 0.1) is 25.6 Å². The van der Waals surface area contributed by atoms with Crippen LogP contribution in [0.3, 0.4) is 0 Å². The van der Waals surface area contributed by atoms with E-state index in [9.17, 15) is 9.18 Å². The van der Waals surface area contributed by atoms with E-state index in [0.29, 0.717) is 18.6 Å². The number of halogens is 1. The molecule has 3 aromatic rings. The monoisotopic (exact) mass is 355 g/mol. The van der Waals surface area contributed by atoms with Crippen LogP contribution < -0.4 is 10.2 Å². The molecule has 4 rings (SSSR count). The molecule has 0 radical (unpaired) electrons. The van der Waals surface area contributed by atoms with Gasteiger partial charge in [-0.1, -0.05) is 29.5 Å². The number of nitrogens with one attached hydrogen (secondary N) is 1. The number of thiazole rings is 1. The average molecular weight is 355 g/mol. The topological polar surface area (TPSA) is 45.2 Å². The minimum absolute atomic E-state index is 0.0252. The molecule has 6 heteroatoms. The van der Waals surface area contributed by atoms with E-state index in [0.717, 1.165) is 26.6 Å². The number of carbonyl (C=O) groups excluding carboxylic acids is 1. The highest BCUT2D eigenvalue weighted by Crippen LogP contribution is 2.34. The summed E-state index contributed by atoms with van der Waals surface area (Å²) in [5.74, 6) is -0.348. The summed E-state index contributed by atoms with van der Waals surface area (Å²) in [7, 11) is 0. The van der Waals surface area contributed by atoms with Gasteiger partial charge in [0, 0.05) is 18.8 Å². The van der Waals surface area contributed by atoms with Crippen LogP contribution in [0.4, 0.5) is 15.2 Å². The van der Waals surface area contributed by atoms with Crippen molar-refractivity contribution in [1.82, 2.24) is 4.98 Å². The van der Waals surface area contributed by atoms with Crippen molar-refractivity contribution in [3.8, 4) is 0 Å². The molecular weight excluding hydrogens is 337 g/mol. The van der Waals surface area contributed by atoms with Crippen LogP contribution in [-0.2, 0) is 4.79 Å². The lowest BCUT2D eigenvalue weighted by Crippen LogP contribution is -2.52. The van der Waals surface area contributed by atoms with Gasteiger partial charge in [-0.2, -0.15) is 0 Å². The van der Waals surface area contributed by atoms with Crippen molar-refractivity contribution in [3.05, 3.63) is 53.3 Å².